The summed E-state index contributed by atoms with van der Waals surface area (Å²) < 4.78 is 10.2. The Balaban J connectivity index is 0.00000184. The molecule has 0 spiro atoms. The fourth-order valence-corrected chi connectivity index (χ4v) is 2.43. The number of ether oxygens (including phenoxy) is 2. The van der Waals surface area contributed by atoms with Crippen molar-refractivity contribution in [2.24, 2.45) is 10.2 Å². The van der Waals surface area contributed by atoms with Gasteiger partial charge in [0.15, 0.2) is 10.7 Å². The van der Waals surface area contributed by atoms with Gasteiger partial charge in [-0.3, -0.25) is 10.1 Å². The minimum absolute atomic E-state index is 0. The fourth-order valence-electron chi connectivity index (χ4n) is 1.88. The number of halogens is 5. The number of methoxy groups -OCH3 is 2. The van der Waals surface area contributed by atoms with E-state index in [1.807, 2.05) is 0 Å². The van der Waals surface area contributed by atoms with Gasteiger partial charge in [0.2, 0.25) is 11.1 Å². The first-order chi connectivity index (χ1) is 13.3. The van der Waals surface area contributed by atoms with Crippen LogP contribution in [-0.2, 0) is 15.1 Å². The molecule has 0 radical (unpaired) electrons. The Hall–Kier alpha value is -1.47. The molecule has 2 aromatic rings. The molecule has 9 nitrogen and oxygen atoms in total. The second kappa shape index (κ2) is 13.7. The zero-order valence-corrected chi connectivity index (χ0v) is 21.6. The summed E-state index contributed by atoms with van der Waals surface area (Å²) >= 11 is 11.0. The molecule has 152 valence electrons. The molecule has 0 saturated carbocycles. The summed E-state index contributed by atoms with van der Waals surface area (Å²) in [5.74, 6) is 0.490. The molecule has 0 atom stereocenters. The van der Waals surface area contributed by atoms with E-state index in [-0.39, 0.29) is 56.7 Å². The second-order valence-electron chi connectivity index (χ2n) is 4.61. The van der Waals surface area contributed by atoms with Crippen LogP contribution >= 0.6 is 55.0 Å². The first-order valence-electron chi connectivity index (χ1n) is 7.11. The molecule has 0 N–H and O–H groups in total. The molecule has 2 rings (SSSR count). The SMILES string of the molecule is COc1cc([N+]#N)c(OC)cc1N=Nc1c(Cl)cc([N+](=O)[O-])cc1Cl.Cl.[Cl][Zn][Cl]. The number of hydrogen-bond acceptors (Lipinski definition) is 7. The third-order valence-corrected chi connectivity index (χ3v) is 3.63. The second-order valence-corrected chi connectivity index (χ2v) is 10.0. The first kappa shape index (κ1) is 27.5. The van der Waals surface area contributed by atoms with E-state index in [0.717, 1.165) is 12.1 Å². The van der Waals surface area contributed by atoms with Gasteiger partial charge in [-0.05, 0) is 0 Å². The molecule has 0 aromatic heterocycles. The predicted molar refractivity (Wildman–Crippen MR) is 111 cm³/mol. The summed E-state index contributed by atoms with van der Waals surface area (Å²) in [5, 5.41) is 27.6. The average molecular weight is 556 g/mol. The van der Waals surface area contributed by atoms with Crippen LogP contribution in [0.1, 0.15) is 0 Å². The molecule has 2 aromatic carbocycles. The van der Waals surface area contributed by atoms with Gasteiger partial charge >= 0.3 is 40.2 Å². The van der Waals surface area contributed by atoms with Crippen molar-refractivity contribution in [1.29, 1.82) is 5.39 Å². The normalized spacial score (nSPS) is 9.41. The van der Waals surface area contributed by atoms with Gasteiger partial charge in [-0.1, -0.05) is 23.2 Å². The van der Waals surface area contributed by atoms with Crippen LogP contribution in [0.15, 0.2) is 34.5 Å². The summed E-state index contributed by atoms with van der Waals surface area (Å²) in [4.78, 5) is 13.2. The zero-order valence-electron chi connectivity index (χ0n) is 14.8. The number of nitro benzene ring substituents is 1. The molecule has 0 saturated heterocycles. The number of non-ortho nitro benzene ring substituents is 1. The van der Waals surface area contributed by atoms with Crippen molar-refractivity contribution < 1.29 is 29.5 Å². The van der Waals surface area contributed by atoms with E-state index in [0.29, 0.717) is 0 Å². The molecule has 0 heterocycles. The van der Waals surface area contributed by atoms with Crippen molar-refractivity contribution in [3.05, 3.63) is 49.4 Å². The van der Waals surface area contributed by atoms with Crippen molar-refractivity contribution in [3.63, 3.8) is 0 Å². The quantitative estimate of drug-likeness (QED) is 0.124. The van der Waals surface area contributed by atoms with E-state index >= 15 is 0 Å². The monoisotopic (exact) mass is 552 g/mol. The maximum atomic E-state index is 10.8. The van der Waals surface area contributed by atoms with Gasteiger partial charge in [0.1, 0.15) is 11.4 Å². The molecular weight excluding hydrogens is 545 g/mol. The van der Waals surface area contributed by atoms with Crippen LogP contribution in [0.25, 0.3) is 4.98 Å². The Kier molecular flexibility index (Phi) is 13.0. The van der Waals surface area contributed by atoms with E-state index < -0.39 is 20.1 Å². The first-order valence-corrected chi connectivity index (χ1v) is 15.7. The van der Waals surface area contributed by atoms with Crippen LogP contribution in [0.3, 0.4) is 0 Å². The van der Waals surface area contributed by atoms with E-state index in [9.17, 15) is 10.1 Å². The molecular formula is C14H11Cl5N5O4Zn+. The van der Waals surface area contributed by atoms with Gasteiger partial charge in [0, 0.05) is 18.2 Å². The number of diazo groups is 1. The zero-order chi connectivity index (χ0) is 21.3. The number of nitro groups is 1. The van der Waals surface area contributed by atoms with Crippen molar-refractivity contribution >= 4 is 77.7 Å². The topological polar surface area (TPSA) is 114 Å². The Morgan fingerprint density at radius 1 is 1.07 bits per heavy atom. The van der Waals surface area contributed by atoms with Crippen LogP contribution in [0.5, 0.6) is 11.5 Å². The summed E-state index contributed by atoms with van der Waals surface area (Å²) in [5.41, 5.74) is 0.190. The Morgan fingerprint density at radius 3 is 2.00 bits per heavy atom. The molecule has 0 amide bonds. The number of azo groups is 1. The Bertz CT molecular complexity index is 918. The summed E-state index contributed by atoms with van der Waals surface area (Å²) in [6.07, 6.45) is 0. The van der Waals surface area contributed by atoms with Gasteiger partial charge in [0.25, 0.3) is 5.69 Å². The van der Waals surface area contributed by atoms with Gasteiger partial charge in [-0.15, -0.1) is 22.6 Å². The molecule has 0 aliphatic rings. The van der Waals surface area contributed by atoms with E-state index in [2.05, 4.69) is 15.2 Å². The van der Waals surface area contributed by atoms with Crippen LogP contribution < -0.4 is 9.47 Å². The number of nitrogens with zero attached hydrogens (tertiary/aromatic N) is 5. The van der Waals surface area contributed by atoms with Crippen LogP contribution in [0, 0.1) is 15.5 Å². The molecule has 0 aliphatic carbocycles. The van der Waals surface area contributed by atoms with Gasteiger partial charge in [-0.2, -0.15) is 0 Å². The van der Waals surface area contributed by atoms with Gasteiger partial charge < -0.3 is 9.47 Å². The Labute approximate surface area is 197 Å². The third kappa shape index (κ3) is 7.70. The third-order valence-electron chi connectivity index (χ3n) is 3.06. The van der Waals surface area contributed by atoms with Crippen molar-refractivity contribution in [2.75, 3.05) is 14.2 Å². The average Bonchev–Trinajstić information content (AvgIpc) is 2.67. The standard InChI is InChI=1S/C14H10Cl2N5O4.3ClH.Zn/c1-24-12-6-11(13(25-2)5-10(12)18-17)19-20-14-8(15)3-7(21(22)23)4-9(14)16;;;;/h3-6H,1-2H3;3*1H;/q+1;;;;+2/p-2. The van der Waals surface area contributed by atoms with Crippen LogP contribution in [0.2, 0.25) is 10.0 Å². The van der Waals surface area contributed by atoms with E-state index in [1.54, 1.807) is 0 Å². The molecule has 0 bridgehead atoms. The van der Waals surface area contributed by atoms with Gasteiger partial charge in [-0.25, -0.2) is 0 Å². The minimum atomic E-state index is -0.931. The molecule has 29 heavy (non-hydrogen) atoms. The molecule has 0 unspecified atom stereocenters. The molecule has 0 aliphatic heterocycles. The van der Waals surface area contributed by atoms with Crippen LogP contribution in [-0.4, -0.2) is 19.1 Å². The van der Waals surface area contributed by atoms with Gasteiger partial charge in [0.05, 0.1) is 35.3 Å². The van der Waals surface area contributed by atoms with Crippen molar-refractivity contribution in [1.82, 2.24) is 0 Å². The van der Waals surface area contributed by atoms with Crippen LogP contribution in [0.4, 0.5) is 22.7 Å². The molecule has 0 fully saturated rings. The van der Waals surface area contributed by atoms with E-state index in [4.69, 9.17) is 57.5 Å². The predicted octanol–water partition coefficient (Wildman–Crippen LogP) is 7.62. The van der Waals surface area contributed by atoms with Crippen molar-refractivity contribution in [3.8, 4) is 11.5 Å². The number of rotatable bonds is 5. The van der Waals surface area contributed by atoms with Crippen molar-refractivity contribution in [2.45, 2.75) is 0 Å². The van der Waals surface area contributed by atoms with E-state index in [1.165, 1.54) is 26.4 Å². The maximum absolute atomic E-state index is 10.8. The number of benzene rings is 2. The number of hydrogen-bond donors (Lipinski definition) is 0. The summed E-state index contributed by atoms with van der Waals surface area (Å²) in [6.45, 7) is 0. The molecule has 15 heteroatoms. The summed E-state index contributed by atoms with van der Waals surface area (Å²) in [6, 6.07) is 5.07. The fraction of sp³-hybridized carbons (Fsp3) is 0.143. The Morgan fingerprint density at radius 2 is 1.59 bits per heavy atom. The summed E-state index contributed by atoms with van der Waals surface area (Å²) in [7, 11) is 12.7.